The summed E-state index contributed by atoms with van der Waals surface area (Å²) in [6, 6.07) is 1.77. The molecule has 100 valence electrons. The maximum absolute atomic E-state index is 11.6. The third-order valence-corrected chi connectivity index (χ3v) is 2.38. The Labute approximate surface area is 111 Å². The summed E-state index contributed by atoms with van der Waals surface area (Å²) in [5, 5.41) is 2.91. The van der Waals surface area contributed by atoms with Crippen molar-refractivity contribution in [3.63, 3.8) is 0 Å². The van der Waals surface area contributed by atoms with Crippen molar-refractivity contribution in [2.24, 2.45) is 0 Å². The molecule has 0 radical (unpaired) electrons. The topological polar surface area (TPSA) is 67.3 Å². The summed E-state index contributed by atoms with van der Waals surface area (Å²) >= 11 is 5.77. The molecule has 0 aliphatic rings. The van der Waals surface area contributed by atoms with Gasteiger partial charge in [-0.05, 0) is 18.5 Å². The maximum Gasteiger partial charge on any atom is 0.239 e. The van der Waals surface area contributed by atoms with E-state index in [1.54, 1.807) is 25.1 Å². The van der Waals surface area contributed by atoms with Crippen LogP contribution in [0.1, 0.15) is 5.69 Å². The van der Waals surface area contributed by atoms with Crippen LogP contribution in [0.4, 0.5) is 5.82 Å². The summed E-state index contributed by atoms with van der Waals surface area (Å²) in [5.41, 5.74) is 0.761. The predicted octanol–water partition coefficient (Wildman–Crippen LogP) is 0.637. The quantitative estimate of drug-likeness (QED) is 0.608. The van der Waals surface area contributed by atoms with E-state index < -0.39 is 0 Å². The van der Waals surface area contributed by atoms with E-state index in [1.165, 1.54) is 0 Å². The minimum absolute atomic E-state index is 0.0954. The van der Waals surface area contributed by atoms with Gasteiger partial charge in [0.1, 0.15) is 5.82 Å². The van der Waals surface area contributed by atoms with Crippen LogP contribution in [0.25, 0.3) is 0 Å². The molecule has 1 aromatic rings. The standard InChI is InChI=1S/C11H17ClN4O2/c1-8-6-9(15-11(12)14-8)16(2)7-10(17)13-4-5-18-3/h6H,4-5,7H2,1-3H3,(H,13,17). The third-order valence-electron chi connectivity index (χ3n) is 2.21. The van der Waals surface area contributed by atoms with Crippen LogP contribution in [0.3, 0.4) is 0 Å². The summed E-state index contributed by atoms with van der Waals surface area (Å²) in [4.78, 5) is 21.3. The molecule has 0 atom stereocenters. The maximum atomic E-state index is 11.6. The smallest absolute Gasteiger partial charge is 0.239 e. The van der Waals surface area contributed by atoms with Crippen LogP contribution in [0.5, 0.6) is 0 Å². The van der Waals surface area contributed by atoms with E-state index in [9.17, 15) is 4.79 Å². The molecule has 1 amide bonds. The zero-order valence-corrected chi connectivity index (χ0v) is 11.5. The summed E-state index contributed by atoms with van der Waals surface area (Å²) in [6.45, 7) is 3.01. The average Bonchev–Trinajstić information content (AvgIpc) is 2.28. The van der Waals surface area contributed by atoms with Gasteiger partial charge in [-0.3, -0.25) is 4.79 Å². The Balaban J connectivity index is 2.53. The average molecular weight is 273 g/mol. The minimum atomic E-state index is -0.0954. The number of ether oxygens (including phenoxy) is 1. The van der Waals surface area contributed by atoms with Gasteiger partial charge >= 0.3 is 0 Å². The SMILES string of the molecule is COCCNC(=O)CN(C)c1cc(C)nc(Cl)n1. The Morgan fingerprint density at radius 1 is 1.56 bits per heavy atom. The molecule has 7 heteroatoms. The van der Waals surface area contributed by atoms with Gasteiger partial charge in [0.15, 0.2) is 0 Å². The van der Waals surface area contributed by atoms with Crippen LogP contribution in [-0.2, 0) is 9.53 Å². The van der Waals surface area contributed by atoms with Gasteiger partial charge in [-0.1, -0.05) is 0 Å². The number of nitrogens with one attached hydrogen (secondary N) is 1. The summed E-state index contributed by atoms with van der Waals surface area (Å²) in [7, 11) is 3.36. The molecule has 0 fully saturated rings. The molecule has 18 heavy (non-hydrogen) atoms. The van der Waals surface area contributed by atoms with Gasteiger partial charge in [-0.15, -0.1) is 0 Å². The molecule has 1 heterocycles. The number of likely N-dealkylation sites (N-methyl/N-ethyl adjacent to an activating group) is 1. The number of anilines is 1. The fourth-order valence-electron chi connectivity index (χ4n) is 1.36. The monoisotopic (exact) mass is 272 g/mol. The number of rotatable bonds is 6. The van der Waals surface area contributed by atoms with Gasteiger partial charge in [-0.25, -0.2) is 9.97 Å². The van der Waals surface area contributed by atoms with Gasteiger partial charge in [0, 0.05) is 32.5 Å². The number of nitrogens with zero attached hydrogens (tertiary/aromatic N) is 3. The fourth-order valence-corrected chi connectivity index (χ4v) is 1.58. The Kier molecular flexibility index (Phi) is 5.80. The molecule has 6 nitrogen and oxygen atoms in total. The molecular formula is C11H17ClN4O2. The number of methoxy groups -OCH3 is 1. The van der Waals surface area contributed by atoms with Crippen LogP contribution < -0.4 is 10.2 Å². The highest BCUT2D eigenvalue weighted by atomic mass is 35.5. The molecule has 0 aromatic carbocycles. The lowest BCUT2D eigenvalue weighted by molar-refractivity contribution is -0.119. The van der Waals surface area contributed by atoms with E-state index in [1.807, 2.05) is 6.92 Å². The third kappa shape index (κ3) is 4.85. The van der Waals surface area contributed by atoms with Crippen molar-refractivity contribution in [1.29, 1.82) is 0 Å². The second-order valence-corrected chi connectivity index (χ2v) is 4.17. The van der Waals surface area contributed by atoms with Crippen molar-refractivity contribution >= 4 is 23.3 Å². The lowest BCUT2D eigenvalue weighted by Gasteiger charge is -2.17. The molecule has 0 aliphatic carbocycles. The highest BCUT2D eigenvalue weighted by Gasteiger charge is 2.09. The van der Waals surface area contributed by atoms with Crippen LogP contribution in [-0.4, -0.2) is 49.7 Å². The second-order valence-electron chi connectivity index (χ2n) is 3.84. The van der Waals surface area contributed by atoms with Crippen molar-refractivity contribution in [2.45, 2.75) is 6.92 Å². The van der Waals surface area contributed by atoms with E-state index >= 15 is 0 Å². The Morgan fingerprint density at radius 3 is 2.89 bits per heavy atom. The zero-order valence-electron chi connectivity index (χ0n) is 10.7. The summed E-state index contributed by atoms with van der Waals surface area (Å²) in [6.07, 6.45) is 0. The molecule has 0 saturated carbocycles. The first-order valence-electron chi connectivity index (χ1n) is 5.51. The lowest BCUT2D eigenvalue weighted by atomic mass is 10.4. The Hall–Kier alpha value is -1.40. The first-order chi connectivity index (χ1) is 8.52. The van der Waals surface area contributed by atoms with E-state index in [-0.39, 0.29) is 17.7 Å². The van der Waals surface area contributed by atoms with Gasteiger partial charge in [0.2, 0.25) is 11.2 Å². The number of aromatic nitrogens is 2. The van der Waals surface area contributed by atoms with Crippen molar-refractivity contribution in [1.82, 2.24) is 15.3 Å². The van der Waals surface area contributed by atoms with Crippen molar-refractivity contribution < 1.29 is 9.53 Å². The number of aryl methyl sites for hydroxylation is 1. The molecule has 0 aliphatic heterocycles. The fraction of sp³-hybridized carbons (Fsp3) is 0.545. The first kappa shape index (κ1) is 14.7. The molecular weight excluding hydrogens is 256 g/mol. The number of hydrogen-bond donors (Lipinski definition) is 1. The molecule has 1 aromatic heterocycles. The van der Waals surface area contributed by atoms with Crippen LogP contribution in [0.2, 0.25) is 5.28 Å². The summed E-state index contributed by atoms with van der Waals surface area (Å²) in [5.74, 6) is 0.524. The lowest BCUT2D eigenvalue weighted by Crippen LogP contribution is -2.37. The van der Waals surface area contributed by atoms with Crippen molar-refractivity contribution in [3.8, 4) is 0 Å². The van der Waals surface area contributed by atoms with Gasteiger partial charge in [0.05, 0.1) is 13.2 Å². The van der Waals surface area contributed by atoms with Crippen molar-refractivity contribution in [2.75, 3.05) is 38.8 Å². The molecule has 0 unspecified atom stereocenters. The van der Waals surface area contributed by atoms with Gasteiger partial charge < -0.3 is 15.0 Å². The first-order valence-corrected chi connectivity index (χ1v) is 5.88. The highest BCUT2D eigenvalue weighted by molar-refractivity contribution is 6.28. The number of carbonyl (C=O) groups is 1. The summed E-state index contributed by atoms with van der Waals surface area (Å²) < 4.78 is 4.85. The van der Waals surface area contributed by atoms with Crippen LogP contribution >= 0.6 is 11.6 Å². The van der Waals surface area contributed by atoms with Crippen molar-refractivity contribution in [3.05, 3.63) is 17.0 Å². The van der Waals surface area contributed by atoms with E-state index in [0.29, 0.717) is 19.0 Å². The number of amides is 1. The molecule has 0 spiro atoms. The highest BCUT2D eigenvalue weighted by Crippen LogP contribution is 2.12. The molecule has 0 bridgehead atoms. The van der Waals surface area contributed by atoms with E-state index in [2.05, 4.69) is 15.3 Å². The Bertz CT molecular complexity index is 394. The number of hydrogen-bond acceptors (Lipinski definition) is 5. The largest absolute Gasteiger partial charge is 0.383 e. The van der Waals surface area contributed by atoms with Gasteiger partial charge in [0.25, 0.3) is 0 Å². The zero-order chi connectivity index (χ0) is 13.5. The minimum Gasteiger partial charge on any atom is -0.383 e. The molecule has 1 N–H and O–H groups in total. The van der Waals surface area contributed by atoms with Crippen LogP contribution in [0, 0.1) is 6.92 Å². The second kappa shape index (κ2) is 7.13. The van der Waals surface area contributed by atoms with E-state index in [4.69, 9.17) is 16.3 Å². The van der Waals surface area contributed by atoms with Crippen LogP contribution in [0.15, 0.2) is 6.07 Å². The van der Waals surface area contributed by atoms with E-state index in [0.717, 1.165) is 5.69 Å². The number of halogens is 1. The number of carbonyl (C=O) groups excluding carboxylic acids is 1. The molecule has 1 rings (SSSR count). The molecule has 0 saturated heterocycles. The normalized spacial score (nSPS) is 10.2. The van der Waals surface area contributed by atoms with Gasteiger partial charge in [-0.2, -0.15) is 0 Å². The predicted molar refractivity (Wildman–Crippen MR) is 69.9 cm³/mol. The Morgan fingerprint density at radius 2 is 2.28 bits per heavy atom.